The minimum absolute atomic E-state index is 0.450. The number of aromatic nitrogens is 4. The molecule has 112 valence electrons. The number of hydrogen-bond donors (Lipinski definition) is 1. The van der Waals surface area contributed by atoms with Crippen LogP contribution in [0.1, 0.15) is 51.4 Å². The highest BCUT2D eigenvalue weighted by Gasteiger charge is 2.06. The summed E-state index contributed by atoms with van der Waals surface area (Å²) in [6, 6.07) is 0. The highest BCUT2D eigenvalue weighted by Crippen LogP contribution is 2.15. The minimum atomic E-state index is 0.450. The van der Waals surface area contributed by atoms with Crippen LogP contribution in [-0.2, 0) is 6.54 Å². The predicted molar refractivity (Wildman–Crippen MR) is 85.5 cm³/mol. The number of nitrogens with two attached hydrogens (primary N) is 1. The molecule has 0 aromatic carbocycles. The third kappa shape index (κ3) is 4.45. The molecule has 2 aromatic rings. The molecule has 0 fully saturated rings. The average molecular weight is 285 g/mol. The Labute approximate surface area is 126 Å². The summed E-state index contributed by atoms with van der Waals surface area (Å²) in [6.07, 6.45) is 18.1. The van der Waals surface area contributed by atoms with Gasteiger partial charge in [0.15, 0.2) is 11.5 Å². The molecule has 0 atom stereocenters. The Morgan fingerprint density at radius 3 is 2.48 bits per heavy atom. The van der Waals surface area contributed by atoms with Crippen LogP contribution in [0.2, 0.25) is 0 Å². The summed E-state index contributed by atoms with van der Waals surface area (Å²) in [4.78, 5) is 12.5. The van der Waals surface area contributed by atoms with Crippen LogP contribution in [0.3, 0.4) is 0 Å². The van der Waals surface area contributed by atoms with E-state index in [2.05, 4.69) is 25.4 Å². The predicted octanol–water partition coefficient (Wildman–Crippen LogP) is 3.16. The van der Waals surface area contributed by atoms with Gasteiger partial charge in [0.05, 0.1) is 6.33 Å². The zero-order valence-corrected chi connectivity index (χ0v) is 12.5. The van der Waals surface area contributed by atoms with Crippen LogP contribution in [0.4, 0.5) is 5.82 Å². The van der Waals surface area contributed by atoms with Gasteiger partial charge in [-0.1, -0.05) is 32.1 Å². The Bertz CT molecular complexity index is 596. The molecule has 0 spiro atoms. The Balaban J connectivity index is 1.65. The van der Waals surface area contributed by atoms with E-state index in [-0.39, 0.29) is 0 Å². The topological polar surface area (TPSA) is 69.6 Å². The molecule has 5 nitrogen and oxygen atoms in total. The molecular weight excluding hydrogens is 262 g/mol. The molecule has 0 radical (unpaired) electrons. The number of unbranched alkanes of at least 4 members (excludes halogenated alkanes) is 7. The number of hydrogen-bond acceptors (Lipinski definition) is 4. The van der Waals surface area contributed by atoms with Crippen molar-refractivity contribution in [3.8, 4) is 12.3 Å². The van der Waals surface area contributed by atoms with E-state index in [0.717, 1.165) is 25.0 Å². The lowest BCUT2D eigenvalue weighted by Gasteiger charge is -2.04. The number of fused-ring (bicyclic) bond motifs is 1. The van der Waals surface area contributed by atoms with Gasteiger partial charge in [-0.25, -0.2) is 15.0 Å². The van der Waals surface area contributed by atoms with Crippen molar-refractivity contribution >= 4 is 17.0 Å². The monoisotopic (exact) mass is 285 g/mol. The van der Waals surface area contributed by atoms with Crippen LogP contribution in [0.25, 0.3) is 11.2 Å². The third-order valence-corrected chi connectivity index (χ3v) is 3.65. The van der Waals surface area contributed by atoms with Gasteiger partial charge in [-0.05, 0) is 12.8 Å². The molecule has 2 rings (SSSR count). The van der Waals surface area contributed by atoms with E-state index in [4.69, 9.17) is 12.2 Å². The van der Waals surface area contributed by atoms with Crippen molar-refractivity contribution in [3.05, 3.63) is 12.7 Å². The van der Waals surface area contributed by atoms with E-state index in [0.29, 0.717) is 11.3 Å². The zero-order valence-electron chi connectivity index (χ0n) is 12.5. The number of nitrogen functional groups attached to an aromatic ring is 1. The summed E-state index contributed by atoms with van der Waals surface area (Å²) in [5.41, 5.74) is 7.31. The normalized spacial score (nSPS) is 10.8. The number of terminal acetylenes is 1. The molecule has 0 aliphatic carbocycles. The lowest BCUT2D eigenvalue weighted by Crippen LogP contribution is -1.99. The first-order valence-electron chi connectivity index (χ1n) is 7.67. The second-order valence-electron chi connectivity index (χ2n) is 5.30. The molecule has 21 heavy (non-hydrogen) atoms. The van der Waals surface area contributed by atoms with Crippen molar-refractivity contribution in [1.29, 1.82) is 0 Å². The maximum Gasteiger partial charge on any atom is 0.165 e. The third-order valence-electron chi connectivity index (χ3n) is 3.65. The quantitative estimate of drug-likeness (QED) is 0.567. The molecular formula is C16H23N5. The minimum Gasteiger partial charge on any atom is -0.382 e. The number of aryl methyl sites for hydroxylation is 1. The summed E-state index contributed by atoms with van der Waals surface area (Å²) < 4.78 is 2.06. The average Bonchev–Trinajstić information content (AvgIpc) is 2.90. The molecule has 0 aliphatic rings. The summed E-state index contributed by atoms with van der Waals surface area (Å²) >= 11 is 0. The highest BCUT2D eigenvalue weighted by atomic mass is 15.1. The highest BCUT2D eigenvalue weighted by molar-refractivity contribution is 5.80. The molecule has 0 bridgehead atoms. The lowest BCUT2D eigenvalue weighted by molar-refractivity contribution is 0.550. The van der Waals surface area contributed by atoms with Crippen molar-refractivity contribution in [3.63, 3.8) is 0 Å². The van der Waals surface area contributed by atoms with Crippen LogP contribution in [0.15, 0.2) is 12.7 Å². The standard InChI is InChI=1S/C16H23N5/c1-2-3-4-5-6-7-8-9-10-11-21-13-20-14-15(17)18-12-19-16(14)21/h1,12-13H,3-11H2,(H2,17,18,19). The first-order chi connectivity index (χ1) is 10.3. The number of anilines is 1. The maximum atomic E-state index is 5.77. The Morgan fingerprint density at radius 1 is 1.00 bits per heavy atom. The largest absolute Gasteiger partial charge is 0.382 e. The van der Waals surface area contributed by atoms with Crippen molar-refractivity contribution in [2.24, 2.45) is 0 Å². The molecule has 0 saturated carbocycles. The lowest BCUT2D eigenvalue weighted by atomic mass is 10.1. The van der Waals surface area contributed by atoms with E-state index in [1.54, 1.807) is 6.33 Å². The number of imidazole rings is 1. The number of rotatable bonds is 9. The summed E-state index contributed by atoms with van der Waals surface area (Å²) in [6.45, 7) is 0.935. The van der Waals surface area contributed by atoms with Gasteiger partial charge in [0.1, 0.15) is 11.8 Å². The molecule has 2 aromatic heterocycles. The fourth-order valence-electron chi connectivity index (χ4n) is 2.46. The van der Waals surface area contributed by atoms with Crippen LogP contribution in [0, 0.1) is 12.3 Å². The van der Waals surface area contributed by atoms with Crippen molar-refractivity contribution in [1.82, 2.24) is 19.5 Å². The Morgan fingerprint density at radius 2 is 1.71 bits per heavy atom. The van der Waals surface area contributed by atoms with Crippen molar-refractivity contribution < 1.29 is 0 Å². The van der Waals surface area contributed by atoms with Gasteiger partial charge in [0.2, 0.25) is 0 Å². The zero-order chi connectivity index (χ0) is 14.9. The summed E-state index contributed by atoms with van der Waals surface area (Å²) in [5, 5.41) is 0. The maximum absolute atomic E-state index is 5.77. The van der Waals surface area contributed by atoms with Crippen LogP contribution >= 0.6 is 0 Å². The van der Waals surface area contributed by atoms with E-state index >= 15 is 0 Å². The molecule has 0 aliphatic heterocycles. The van der Waals surface area contributed by atoms with Gasteiger partial charge in [-0.3, -0.25) is 0 Å². The van der Waals surface area contributed by atoms with Crippen LogP contribution < -0.4 is 5.73 Å². The van der Waals surface area contributed by atoms with Crippen LogP contribution in [0.5, 0.6) is 0 Å². The van der Waals surface area contributed by atoms with E-state index in [1.165, 1.54) is 44.9 Å². The summed E-state index contributed by atoms with van der Waals surface area (Å²) in [7, 11) is 0. The molecule has 0 saturated heterocycles. The second kappa shape index (κ2) is 8.25. The Hall–Kier alpha value is -2.09. The van der Waals surface area contributed by atoms with Crippen LogP contribution in [-0.4, -0.2) is 19.5 Å². The number of nitrogens with zero attached hydrogens (tertiary/aromatic N) is 4. The van der Waals surface area contributed by atoms with Crippen molar-refractivity contribution in [2.45, 2.75) is 57.9 Å². The van der Waals surface area contributed by atoms with Gasteiger partial charge in [-0.2, -0.15) is 0 Å². The molecule has 5 heteroatoms. The van der Waals surface area contributed by atoms with Gasteiger partial charge < -0.3 is 10.3 Å². The second-order valence-corrected chi connectivity index (χ2v) is 5.30. The fourth-order valence-corrected chi connectivity index (χ4v) is 2.46. The first-order valence-corrected chi connectivity index (χ1v) is 7.67. The van der Waals surface area contributed by atoms with Crippen molar-refractivity contribution in [2.75, 3.05) is 5.73 Å². The van der Waals surface area contributed by atoms with E-state index in [9.17, 15) is 0 Å². The molecule has 2 N–H and O–H groups in total. The van der Waals surface area contributed by atoms with Gasteiger partial charge in [-0.15, -0.1) is 12.3 Å². The molecule has 0 amide bonds. The molecule has 2 heterocycles. The Kier molecular flexibility index (Phi) is 6.01. The summed E-state index contributed by atoms with van der Waals surface area (Å²) in [5.74, 6) is 3.13. The SMILES string of the molecule is C#CCCCCCCCCCn1cnc2c(N)ncnc21. The van der Waals surface area contributed by atoms with E-state index < -0.39 is 0 Å². The smallest absolute Gasteiger partial charge is 0.165 e. The van der Waals surface area contributed by atoms with Gasteiger partial charge >= 0.3 is 0 Å². The fraction of sp³-hybridized carbons (Fsp3) is 0.562. The molecule has 0 unspecified atom stereocenters. The van der Waals surface area contributed by atoms with E-state index in [1.807, 2.05) is 0 Å². The van der Waals surface area contributed by atoms with Gasteiger partial charge in [0.25, 0.3) is 0 Å². The first kappa shape index (κ1) is 15.3. The van der Waals surface area contributed by atoms with Gasteiger partial charge in [0, 0.05) is 13.0 Å².